The zero-order valence-electron chi connectivity index (χ0n) is 22.1. The molecule has 196 valence electrons. The van der Waals surface area contributed by atoms with Gasteiger partial charge >= 0.3 is 11.9 Å². The molecule has 2 aromatic carbocycles. The lowest BCUT2D eigenvalue weighted by Gasteiger charge is -2.25. The zero-order valence-corrected chi connectivity index (χ0v) is 22.1. The summed E-state index contributed by atoms with van der Waals surface area (Å²) in [5, 5.41) is 19.5. The Hall–Kier alpha value is -2.88. The van der Waals surface area contributed by atoms with Gasteiger partial charge in [-0.15, -0.1) is 0 Å². The van der Waals surface area contributed by atoms with Gasteiger partial charge in [0, 0.05) is 0 Å². The highest BCUT2D eigenvalue weighted by atomic mass is 16.4. The first-order valence-electron chi connectivity index (χ1n) is 13.5. The molecule has 4 heteroatoms. The van der Waals surface area contributed by atoms with E-state index >= 15 is 0 Å². The second-order valence-corrected chi connectivity index (χ2v) is 10.4. The summed E-state index contributed by atoms with van der Waals surface area (Å²) in [6.07, 6.45) is 16.5. The fraction of sp³-hybridized carbons (Fsp3) is 0.500. The quantitative estimate of drug-likeness (QED) is 0.162. The van der Waals surface area contributed by atoms with Gasteiger partial charge in [-0.1, -0.05) is 111 Å². The summed E-state index contributed by atoms with van der Waals surface area (Å²) in [6.45, 7) is 3.67. The molecule has 36 heavy (non-hydrogen) atoms. The smallest absolute Gasteiger partial charge is 0.313 e. The van der Waals surface area contributed by atoms with Crippen molar-refractivity contribution in [2.75, 3.05) is 0 Å². The third-order valence-corrected chi connectivity index (χ3v) is 7.53. The number of hydrogen-bond acceptors (Lipinski definition) is 2. The van der Waals surface area contributed by atoms with Gasteiger partial charge in [0.05, 0.1) is 10.8 Å². The van der Waals surface area contributed by atoms with Crippen molar-refractivity contribution in [2.24, 2.45) is 0 Å². The van der Waals surface area contributed by atoms with Crippen LogP contribution in [-0.4, -0.2) is 22.2 Å². The largest absolute Gasteiger partial charge is 0.481 e. The molecular weight excluding hydrogens is 448 g/mol. The normalized spacial score (nSPS) is 14.8. The number of benzene rings is 2. The Morgan fingerprint density at radius 2 is 0.917 bits per heavy atom. The maximum Gasteiger partial charge on any atom is 0.313 e. The van der Waals surface area contributed by atoms with Crippen LogP contribution in [0.2, 0.25) is 0 Å². The van der Waals surface area contributed by atoms with E-state index < -0.39 is 22.8 Å². The van der Waals surface area contributed by atoms with Crippen LogP contribution in [0.15, 0.2) is 72.8 Å². The van der Waals surface area contributed by atoms with E-state index in [1.165, 1.54) is 0 Å². The summed E-state index contributed by atoms with van der Waals surface area (Å²) in [7, 11) is 0. The van der Waals surface area contributed by atoms with Crippen molar-refractivity contribution in [1.82, 2.24) is 0 Å². The Balaban J connectivity index is 1.53. The molecule has 2 aromatic rings. The van der Waals surface area contributed by atoms with E-state index in [0.29, 0.717) is 12.8 Å². The fourth-order valence-corrected chi connectivity index (χ4v) is 4.79. The number of allylic oxidation sites excluding steroid dienone is 2. The highest BCUT2D eigenvalue weighted by molar-refractivity contribution is 5.81. The highest BCUT2D eigenvalue weighted by Crippen LogP contribution is 2.31. The number of unbranched alkanes of at least 4 members (excludes halogenated alkanes) is 8. The Morgan fingerprint density at radius 1 is 0.583 bits per heavy atom. The summed E-state index contributed by atoms with van der Waals surface area (Å²) in [6, 6.07) is 19.1. The number of hydrogen-bond donors (Lipinski definition) is 2. The molecular formula is C32H44O4. The minimum atomic E-state index is -0.811. The average Bonchev–Trinajstić information content (AvgIpc) is 2.89. The van der Waals surface area contributed by atoms with Crippen LogP contribution >= 0.6 is 0 Å². The molecule has 0 amide bonds. The van der Waals surface area contributed by atoms with Crippen molar-refractivity contribution >= 4 is 11.9 Å². The predicted octanol–water partition coefficient (Wildman–Crippen LogP) is 8.31. The second kappa shape index (κ2) is 15.3. The Kier molecular flexibility index (Phi) is 12.5. The first kappa shape index (κ1) is 29.4. The molecule has 2 atom stereocenters. The molecule has 4 nitrogen and oxygen atoms in total. The minimum absolute atomic E-state index is 0.666. The van der Waals surface area contributed by atoms with Crippen LogP contribution in [-0.2, 0) is 20.4 Å². The number of aliphatic carboxylic acids is 2. The third kappa shape index (κ3) is 8.96. The van der Waals surface area contributed by atoms with Crippen LogP contribution in [0.5, 0.6) is 0 Å². The Labute approximate surface area is 217 Å². The summed E-state index contributed by atoms with van der Waals surface area (Å²) in [5.41, 5.74) is 0.143. The summed E-state index contributed by atoms with van der Waals surface area (Å²) >= 11 is 0. The second-order valence-electron chi connectivity index (χ2n) is 10.4. The summed E-state index contributed by atoms with van der Waals surface area (Å²) in [4.78, 5) is 23.7. The standard InChI is InChI=1S/C32H44O4/c1-31(29(33)34,27-21-15-13-16-22-27)25-19-11-9-7-5-3-4-6-8-10-12-20-26-32(2,30(35)36)28-23-17-14-18-24-28/h3-4,13-18,21-24H,5-12,19-20,25-26H2,1-2H3,(H,33,34)(H,35,36)/b4-3+. The molecule has 0 radical (unpaired) electrons. The lowest BCUT2D eigenvalue weighted by atomic mass is 9.78. The van der Waals surface area contributed by atoms with E-state index in [1.54, 1.807) is 0 Å². The molecule has 0 aromatic heterocycles. The molecule has 0 aliphatic rings. The topological polar surface area (TPSA) is 74.6 Å². The number of carboxylic acids is 2. The first-order valence-corrected chi connectivity index (χ1v) is 13.5. The van der Waals surface area contributed by atoms with E-state index in [0.717, 1.165) is 75.3 Å². The predicted molar refractivity (Wildman–Crippen MR) is 147 cm³/mol. The van der Waals surface area contributed by atoms with Crippen molar-refractivity contribution < 1.29 is 19.8 Å². The van der Waals surface area contributed by atoms with Crippen molar-refractivity contribution in [3.63, 3.8) is 0 Å². The first-order chi connectivity index (χ1) is 17.3. The van der Waals surface area contributed by atoms with E-state index in [2.05, 4.69) is 12.2 Å². The van der Waals surface area contributed by atoms with Crippen LogP contribution in [0.3, 0.4) is 0 Å². The molecule has 0 saturated carbocycles. The molecule has 0 aliphatic carbocycles. The van der Waals surface area contributed by atoms with Gasteiger partial charge in [0.15, 0.2) is 0 Å². The van der Waals surface area contributed by atoms with Crippen molar-refractivity contribution in [3.8, 4) is 0 Å². The molecule has 0 aliphatic heterocycles. The van der Waals surface area contributed by atoms with Crippen LogP contribution < -0.4 is 0 Å². The number of rotatable bonds is 18. The van der Waals surface area contributed by atoms with Gasteiger partial charge < -0.3 is 10.2 Å². The van der Waals surface area contributed by atoms with Gasteiger partial charge in [0.25, 0.3) is 0 Å². The molecule has 2 N–H and O–H groups in total. The SMILES string of the molecule is CC(CCCCCC/C=C/CCCCCCC(C)(C(=O)O)c1ccccc1)(C(=O)O)c1ccccc1. The van der Waals surface area contributed by atoms with E-state index in [-0.39, 0.29) is 0 Å². The van der Waals surface area contributed by atoms with Crippen LogP contribution in [0, 0.1) is 0 Å². The van der Waals surface area contributed by atoms with Gasteiger partial charge in [-0.25, -0.2) is 0 Å². The van der Waals surface area contributed by atoms with E-state index in [4.69, 9.17) is 0 Å². The van der Waals surface area contributed by atoms with Gasteiger partial charge in [-0.05, 0) is 63.5 Å². The van der Waals surface area contributed by atoms with E-state index in [9.17, 15) is 19.8 Å². The molecule has 0 saturated heterocycles. The summed E-state index contributed by atoms with van der Waals surface area (Å²) in [5.74, 6) is -1.49. The third-order valence-electron chi connectivity index (χ3n) is 7.53. The molecule has 2 unspecified atom stereocenters. The molecule has 0 spiro atoms. The fourth-order valence-electron chi connectivity index (χ4n) is 4.79. The Bertz CT molecular complexity index is 860. The van der Waals surface area contributed by atoms with Gasteiger partial charge in [-0.2, -0.15) is 0 Å². The number of carbonyl (C=O) groups is 2. The average molecular weight is 493 g/mol. The molecule has 0 heterocycles. The van der Waals surface area contributed by atoms with Crippen molar-refractivity contribution in [3.05, 3.63) is 83.9 Å². The van der Waals surface area contributed by atoms with Crippen molar-refractivity contribution in [1.29, 1.82) is 0 Å². The van der Waals surface area contributed by atoms with Gasteiger partial charge in [-0.3, -0.25) is 9.59 Å². The highest BCUT2D eigenvalue weighted by Gasteiger charge is 2.35. The maximum absolute atomic E-state index is 11.9. The van der Waals surface area contributed by atoms with Crippen LogP contribution in [0.4, 0.5) is 0 Å². The van der Waals surface area contributed by atoms with Gasteiger partial charge in [0.2, 0.25) is 0 Å². The minimum Gasteiger partial charge on any atom is -0.481 e. The zero-order chi connectivity index (χ0) is 26.3. The summed E-state index contributed by atoms with van der Waals surface area (Å²) < 4.78 is 0. The maximum atomic E-state index is 11.9. The molecule has 0 bridgehead atoms. The number of carboxylic acid groups (broad SMARTS) is 2. The van der Waals surface area contributed by atoms with Gasteiger partial charge in [0.1, 0.15) is 0 Å². The monoisotopic (exact) mass is 492 g/mol. The molecule has 0 fully saturated rings. The lowest BCUT2D eigenvalue weighted by Crippen LogP contribution is -2.32. The van der Waals surface area contributed by atoms with Crippen molar-refractivity contribution in [2.45, 2.75) is 102 Å². The van der Waals surface area contributed by atoms with Crippen LogP contribution in [0.25, 0.3) is 0 Å². The van der Waals surface area contributed by atoms with E-state index in [1.807, 2.05) is 74.5 Å². The molecule has 2 rings (SSSR count). The van der Waals surface area contributed by atoms with Crippen LogP contribution in [0.1, 0.15) is 102 Å². The lowest BCUT2D eigenvalue weighted by molar-refractivity contribution is -0.144. The Morgan fingerprint density at radius 3 is 1.25 bits per heavy atom.